The van der Waals surface area contributed by atoms with Crippen LogP contribution in [0.1, 0.15) is 20.8 Å². The van der Waals surface area contributed by atoms with E-state index in [0.717, 1.165) is 0 Å². The van der Waals surface area contributed by atoms with Crippen LogP contribution in [0.5, 0.6) is 11.5 Å². The molecule has 3 N–H and O–H groups in total. The first-order valence-electron chi connectivity index (χ1n) is 6.41. The van der Waals surface area contributed by atoms with Crippen molar-refractivity contribution < 1.29 is 19.2 Å². The van der Waals surface area contributed by atoms with E-state index < -0.39 is 16.9 Å². The van der Waals surface area contributed by atoms with E-state index in [2.05, 4.69) is 5.32 Å². The first kappa shape index (κ1) is 20.2. The quantitative estimate of drug-likeness (QED) is 0.736. The molecule has 0 bridgehead atoms. The summed E-state index contributed by atoms with van der Waals surface area (Å²) in [5, 5.41) is 22.5. The highest BCUT2D eigenvalue weighted by Gasteiger charge is 2.13. The summed E-state index contributed by atoms with van der Waals surface area (Å²) < 4.78 is 16.8. The molecule has 5 nitrogen and oxygen atoms in total. The van der Waals surface area contributed by atoms with Crippen molar-refractivity contribution in [2.75, 3.05) is 19.4 Å². The van der Waals surface area contributed by atoms with E-state index in [9.17, 15) is 14.4 Å². The average molecular weight is 338 g/mol. The second kappa shape index (κ2) is 8.58. The number of aromatic hydroxyl groups is 1. The van der Waals surface area contributed by atoms with Gasteiger partial charge in [0, 0.05) is 18.3 Å². The summed E-state index contributed by atoms with van der Waals surface area (Å²) in [6.45, 7) is 6.61. The third kappa shape index (κ3) is 7.66. The summed E-state index contributed by atoms with van der Waals surface area (Å²) in [4.78, 5) is 0.324. The Labute approximate surface area is 134 Å². The number of β-amino-alcohol motifs (C(OH)–C–C–N with tert-alkyl or cyclic N) is 1. The molecule has 0 saturated heterocycles. The molecular weight excluding hydrogens is 314 g/mol. The lowest BCUT2D eigenvalue weighted by Crippen LogP contribution is -2.42. The summed E-state index contributed by atoms with van der Waals surface area (Å²) in [6, 6.07) is 4.54. The van der Waals surface area contributed by atoms with Gasteiger partial charge in [0.25, 0.3) is 0 Å². The number of benzene rings is 1. The lowest BCUT2D eigenvalue weighted by Gasteiger charge is -2.23. The standard InChI is InChI=1S/C14H23NO4S.ClH/c1-14(2,3)15-8-10(16)9-19-11-5-6-12(17)13(7-11)20(4)18;/h5-7,10,15-17H,8-9H2,1-4H3;1H. The molecule has 21 heavy (non-hydrogen) atoms. The van der Waals surface area contributed by atoms with Crippen LogP contribution in [0.25, 0.3) is 0 Å². The molecule has 1 aromatic rings. The molecule has 0 aliphatic heterocycles. The molecule has 2 atom stereocenters. The minimum Gasteiger partial charge on any atom is -0.507 e. The minimum atomic E-state index is -1.29. The maximum Gasteiger partial charge on any atom is 0.131 e. The number of phenolic OH excluding ortho intramolecular Hbond substituents is 1. The van der Waals surface area contributed by atoms with Crippen LogP contribution >= 0.6 is 12.4 Å². The number of nitrogens with one attached hydrogen (secondary N) is 1. The Bertz CT molecular complexity index is 477. The first-order valence-corrected chi connectivity index (χ1v) is 7.97. The van der Waals surface area contributed by atoms with Crippen LogP contribution in [0.15, 0.2) is 23.1 Å². The first-order chi connectivity index (χ1) is 9.19. The third-order valence-corrected chi connectivity index (χ3v) is 3.50. The Balaban J connectivity index is 0.00000400. The van der Waals surface area contributed by atoms with Crippen molar-refractivity contribution in [3.05, 3.63) is 18.2 Å². The molecule has 0 radical (unpaired) electrons. The van der Waals surface area contributed by atoms with Gasteiger partial charge in [0.1, 0.15) is 24.2 Å². The van der Waals surface area contributed by atoms with Gasteiger partial charge in [-0.3, -0.25) is 4.21 Å². The van der Waals surface area contributed by atoms with Crippen LogP contribution < -0.4 is 10.1 Å². The van der Waals surface area contributed by atoms with Gasteiger partial charge in [-0.05, 0) is 39.0 Å². The summed E-state index contributed by atoms with van der Waals surface area (Å²) >= 11 is 0. The van der Waals surface area contributed by atoms with E-state index in [-0.39, 0.29) is 30.3 Å². The fourth-order valence-corrected chi connectivity index (χ4v) is 2.13. The molecule has 0 amide bonds. The molecular formula is C14H24ClNO4S. The predicted octanol–water partition coefficient (Wildman–Crippen LogP) is 1.68. The number of hydrogen-bond acceptors (Lipinski definition) is 5. The van der Waals surface area contributed by atoms with Gasteiger partial charge in [0.15, 0.2) is 0 Å². The number of ether oxygens (including phenoxy) is 1. The van der Waals surface area contributed by atoms with Crippen LogP contribution in [0, 0.1) is 0 Å². The van der Waals surface area contributed by atoms with Crippen molar-refractivity contribution in [1.82, 2.24) is 5.32 Å². The monoisotopic (exact) mass is 337 g/mol. The largest absolute Gasteiger partial charge is 0.507 e. The van der Waals surface area contributed by atoms with Gasteiger partial charge >= 0.3 is 0 Å². The van der Waals surface area contributed by atoms with Crippen molar-refractivity contribution in [3.8, 4) is 11.5 Å². The summed E-state index contributed by atoms with van der Waals surface area (Å²) in [7, 11) is -1.29. The molecule has 1 aromatic carbocycles. The second-order valence-corrected chi connectivity index (χ2v) is 7.03. The Morgan fingerprint density at radius 3 is 2.52 bits per heavy atom. The normalized spacial score (nSPS) is 14.1. The molecule has 0 aliphatic carbocycles. The molecule has 0 aromatic heterocycles. The number of phenols is 1. The van der Waals surface area contributed by atoms with Crippen LogP contribution in [0.3, 0.4) is 0 Å². The van der Waals surface area contributed by atoms with Gasteiger partial charge < -0.3 is 20.3 Å². The van der Waals surface area contributed by atoms with Gasteiger partial charge in [-0.2, -0.15) is 0 Å². The highest BCUT2D eigenvalue weighted by Crippen LogP contribution is 2.25. The summed E-state index contributed by atoms with van der Waals surface area (Å²) in [5.74, 6) is 0.455. The predicted molar refractivity (Wildman–Crippen MR) is 86.9 cm³/mol. The van der Waals surface area contributed by atoms with E-state index in [1.165, 1.54) is 18.4 Å². The Morgan fingerprint density at radius 2 is 2.00 bits per heavy atom. The second-order valence-electron chi connectivity index (χ2n) is 5.68. The zero-order valence-corrected chi connectivity index (χ0v) is 14.4. The van der Waals surface area contributed by atoms with Gasteiger partial charge in [-0.1, -0.05) is 0 Å². The van der Waals surface area contributed by atoms with E-state index in [1.807, 2.05) is 20.8 Å². The molecule has 0 saturated carbocycles. The van der Waals surface area contributed by atoms with Crippen LogP contribution in [0.4, 0.5) is 0 Å². The fraction of sp³-hybridized carbons (Fsp3) is 0.571. The minimum absolute atomic E-state index is 0. The van der Waals surface area contributed by atoms with E-state index >= 15 is 0 Å². The number of aliphatic hydroxyl groups excluding tert-OH is 1. The third-order valence-electron chi connectivity index (χ3n) is 2.55. The zero-order chi connectivity index (χ0) is 15.3. The van der Waals surface area contributed by atoms with E-state index in [1.54, 1.807) is 6.07 Å². The maximum atomic E-state index is 11.4. The van der Waals surface area contributed by atoms with Crippen molar-refractivity contribution in [2.24, 2.45) is 0 Å². The van der Waals surface area contributed by atoms with E-state index in [4.69, 9.17) is 4.74 Å². The average Bonchev–Trinajstić information content (AvgIpc) is 2.34. The molecule has 0 aliphatic rings. The van der Waals surface area contributed by atoms with Gasteiger partial charge in [-0.15, -0.1) is 12.4 Å². The lowest BCUT2D eigenvalue weighted by molar-refractivity contribution is 0.0999. The smallest absolute Gasteiger partial charge is 0.131 e. The molecule has 0 spiro atoms. The summed E-state index contributed by atoms with van der Waals surface area (Å²) in [5.41, 5.74) is -0.0637. The number of hydrogen-bond donors (Lipinski definition) is 3. The number of rotatable bonds is 6. The molecule has 122 valence electrons. The number of halogens is 1. The topological polar surface area (TPSA) is 78.8 Å². The highest BCUT2D eigenvalue weighted by atomic mass is 35.5. The Hall–Kier alpha value is -0.820. The molecule has 2 unspecified atom stereocenters. The molecule has 0 heterocycles. The number of aliphatic hydroxyl groups is 1. The fourth-order valence-electron chi connectivity index (χ4n) is 1.49. The van der Waals surface area contributed by atoms with Crippen molar-refractivity contribution in [3.63, 3.8) is 0 Å². The van der Waals surface area contributed by atoms with E-state index in [0.29, 0.717) is 17.2 Å². The van der Waals surface area contributed by atoms with Gasteiger partial charge in [-0.25, -0.2) is 0 Å². The highest BCUT2D eigenvalue weighted by molar-refractivity contribution is 7.84. The van der Waals surface area contributed by atoms with Crippen molar-refractivity contribution >= 4 is 23.2 Å². The lowest BCUT2D eigenvalue weighted by atomic mass is 10.1. The van der Waals surface area contributed by atoms with Crippen LogP contribution in [-0.4, -0.2) is 45.5 Å². The Morgan fingerprint density at radius 1 is 1.38 bits per heavy atom. The van der Waals surface area contributed by atoms with Crippen molar-refractivity contribution in [1.29, 1.82) is 0 Å². The van der Waals surface area contributed by atoms with Crippen LogP contribution in [0.2, 0.25) is 0 Å². The van der Waals surface area contributed by atoms with Crippen LogP contribution in [-0.2, 0) is 10.8 Å². The van der Waals surface area contributed by atoms with Gasteiger partial charge in [0.05, 0.1) is 15.7 Å². The maximum absolute atomic E-state index is 11.4. The summed E-state index contributed by atoms with van der Waals surface area (Å²) in [6.07, 6.45) is 0.847. The SMILES string of the molecule is CS(=O)c1cc(OCC(O)CNC(C)(C)C)ccc1O.Cl. The van der Waals surface area contributed by atoms with Gasteiger partial charge in [0.2, 0.25) is 0 Å². The molecule has 0 fully saturated rings. The molecule has 1 rings (SSSR count). The van der Waals surface area contributed by atoms with Crippen molar-refractivity contribution in [2.45, 2.75) is 37.3 Å². The zero-order valence-electron chi connectivity index (χ0n) is 12.8. The molecule has 7 heteroatoms. The Kier molecular flexibility index (Phi) is 8.25.